The Morgan fingerprint density at radius 2 is 1.56 bits per heavy atom. The molecule has 0 radical (unpaired) electrons. The SMILES string of the molecule is CN(C)CC[C@H](CSc1ccccc1)Nc1ccc(S(=O)(=O)NC(O)c2ccc(N3CCN(CC4=C(C56CC(C)(C5)C6)CCC(C)(C)C4)CC3)cc2)cc1S(=O)(=O)C(F)(F)F. The highest BCUT2D eigenvalue weighted by molar-refractivity contribution is 7.99. The number of sulfone groups is 1. The molecule has 8 rings (SSSR count). The summed E-state index contributed by atoms with van der Waals surface area (Å²) in [5.74, 6) is 0.393. The first kappa shape index (κ1) is 45.9. The van der Waals surface area contributed by atoms with Crippen LogP contribution in [0.5, 0.6) is 0 Å². The van der Waals surface area contributed by atoms with Gasteiger partial charge in [-0.2, -0.15) is 17.9 Å². The van der Waals surface area contributed by atoms with Gasteiger partial charge in [0, 0.05) is 55.1 Å². The molecule has 1 unspecified atom stereocenters. The summed E-state index contributed by atoms with van der Waals surface area (Å²) < 4.78 is 97.3. The van der Waals surface area contributed by atoms with E-state index in [-0.39, 0.29) is 11.3 Å². The number of hydrogen-bond acceptors (Lipinski definition) is 10. The molecular formula is C45H60F3N5O5S3. The summed E-state index contributed by atoms with van der Waals surface area (Å²) in [4.78, 5) is 5.70. The van der Waals surface area contributed by atoms with Crippen LogP contribution in [-0.4, -0.2) is 102 Å². The van der Waals surface area contributed by atoms with Gasteiger partial charge in [-0.25, -0.2) is 16.8 Å². The van der Waals surface area contributed by atoms with E-state index in [0.717, 1.165) is 61.9 Å². The van der Waals surface area contributed by atoms with Gasteiger partial charge in [-0.1, -0.05) is 62.2 Å². The fourth-order valence-electron chi connectivity index (χ4n) is 10.1. The Balaban J connectivity index is 1.00. The van der Waals surface area contributed by atoms with Crippen LogP contribution in [0.25, 0.3) is 0 Å². The van der Waals surface area contributed by atoms with Crippen molar-refractivity contribution in [2.75, 3.05) is 69.3 Å². The molecule has 3 aromatic carbocycles. The first-order chi connectivity index (χ1) is 28.6. The Morgan fingerprint density at radius 3 is 2.16 bits per heavy atom. The fourth-order valence-corrected chi connectivity index (χ4v) is 13.2. The topological polar surface area (TPSA) is 122 Å². The number of thioether (sulfide) groups is 1. The zero-order chi connectivity index (χ0) is 44.0. The van der Waals surface area contributed by atoms with Crippen LogP contribution in [0.3, 0.4) is 0 Å². The molecule has 3 N–H and O–H groups in total. The molecule has 3 saturated carbocycles. The van der Waals surface area contributed by atoms with Gasteiger partial charge < -0.3 is 20.2 Å². The lowest BCUT2D eigenvalue weighted by Gasteiger charge is -2.72. The molecule has 61 heavy (non-hydrogen) atoms. The van der Waals surface area contributed by atoms with Crippen LogP contribution >= 0.6 is 11.8 Å². The minimum Gasteiger partial charge on any atom is -0.380 e. The molecule has 4 aliphatic carbocycles. The standard InChI is InChI=1S/C45H60F3N5O5S3/c1-42(2)19-17-38(44-29-43(3,30-44)31-44)33(26-42)27-52-21-23-53(24-22-52)35-13-11-32(12-14-35)41(54)50-61(57,58)37-15-16-39(40(25-37)60(55,56)45(46,47)48)49-34(18-20-51(4)5)28-59-36-9-7-6-8-10-36/h6-16,25,34,41,49-50,54H,17-24,26-31H2,1-5H3/t34-,41?,43?,44?/m1/s1. The van der Waals surface area contributed by atoms with Crippen molar-refractivity contribution >= 4 is 43.0 Å². The van der Waals surface area contributed by atoms with E-state index in [9.17, 15) is 35.1 Å². The molecule has 2 atom stereocenters. The highest BCUT2D eigenvalue weighted by Crippen LogP contribution is 2.77. The molecule has 10 nitrogen and oxygen atoms in total. The second kappa shape index (κ2) is 17.5. The van der Waals surface area contributed by atoms with Gasteiger partial charge in [-0.3, -0.25) is 4.90 Å². The number of hydrogen-bond donors (Lipinski definition) is 3. The lowest BCUT2D eigenvalue weighted by atomic mass is 9.33. The molecule has 0 aromatic heterocycles. The molecular weight excluding hydrogens is 844 g/mol. The molecule has 3 aromatic rings. The van der Waals surface area contributed by atoms with Crippen molar-refractivity contribution < 1.29 is 35.1 Å². The van der Waals surface area contributed by atoms with Gasteiger partial charge in [-0.05, 0) is 130 Å². The third kappa shape index (κ3) is 10.3. The van der Waals surface area contributed by atoms with Gasteiger partial charge in [0.25, 0.3) is 9.84 Å². The van der Waals surface area contributed by atoms with E-state index < -0.39 is 47.4 Å². The lowest BCUT2D eigenvalue weighted by molar-refractivity contribution is -0.166. The number of piperazine rings is 1. The van der Waals surface area contributed by atoms with Gasteiger partial charge in [0.05, 0.1) is 10.6 Å². The minimum atomic E-state index is -6.00. The predicted molar refractivity (Wildman–Crippen MR) is 237 cm³/mol. The molecule has 4 fully saturated rings. The van der Waals surface area contributed by atoms with Crippen LogP contribution in [0.2, 0.25) is 0 Å². The van der Waals surface area contributed by atoms with E-state index in [1.54, 1.807) is 23.3 Å². The number of allylic oxidation sites excluding steroid dienone is 1. The largest absolute Gasteiger partial charge is 0.501 e. The van der Waals surface area contributed by atoms with E-state index in [0.29, 0.717) is 41.0 Å². The van der Waals surface area contributed by atoms with Crippen LogP contribution in [0.1, 0.15) is 77.5 Å². The average Bonchev–Trinajstić information content (AvgIpc) is 3.17. The summed E-state index contributed by atoms with van der Waals surface area (Å²) in [7, 11) is -7.01. The van der Waals surface area contributed by atoms with Gasteiger partial charge in [0.2, 0.25) is 10.0 Å². The quantitative estimate of drug-likeness (QED) is 0.0694. The van der Waals surface area contributed by atoms with Crippen LogP contribution in [0.15, 0.2) is 98.6 Å². The van der Waals surface area contributed by atoms with Crippen LogP contribution in [0.4, 0.5) is 24.5 Å². The molecule has 2 bridgehead atoms. The van der Waals surface area contributed by atoms with Crippen molar-refractivity contribution in [2.45, 2.75) is 98.2 Å². The molecule has 1 saturated heterocycles. The van der Waals surface area contributed by atoms with Crippen LogP contribution in [0, 0.1) is 16.2 Å². The normalized spacial score (nSPS) is 24.3. The number of nitrogens with one attached hydrogen (secondary N) is 2. The summed E-state index contributed by atoms with van der Waals surface area (Å²) >= 11 is 1.46. The van der Waals surface area contributed by atoms with Gasteiger partial charge in [-0.15, -0.1) is 11.8 Å². The number of rotatable bonds is 17. The molecule has 1 aliphatic heterocycles. The number of sulfonamides is 1. The maximum absolute atomic E-state index is 14.1. The summed E-state index contributed by atoms with van der Waals surface area (Å²) in [6.45, 7) is 12.2. The monoisotopic (exact) mass is 903 g/mol. The number of aliphatic hydroxyl groups is 1. The zero-order valence-corrected chi connectivity index (χ0v) is 38.2. The van der Waals surface area contributed by atoms with Crippen LogP contribution < -0.4 is 14.9 Å². The number of halogens is 3. The van der Waals surface area contributed by atoms with Crippen molar-refractivity contribution in [1.29, 1.82) is 0 Å². The van der Waals surface area contributed by atoms with Gasteiger partial charge in [0.1, 0.15) is 11.1 Å². The Kier molecular flexibility index (Phi) is 13.1. The predicted octanol–water partition coefficient (Wildman–Crippen LogP) is 8.29. The van der Waals surface area contributed by atoms with Gasteiger partial charge in [0.15, 0.2) is 0 Å². The number of nitrogens with zero attached hydrogens (tertiary/aromatic N) is 3. The second-order valence-electron chi connectivity index (χ2n) is 19.1. The number of alkyl halides is 3. The van der Waals surface area contributed by atoms with E-state index in [2.05, 4.69) is 40.6 Å². The zero-order valence-electron chi connectivity index (χ0n) is 35.8. The van der Waals surface area contributed by atoms with Crippen molar-refractivity contribution in [1.82, 2.24) is 14.5 Å². The number of anilines is 2. The van der Waals surface area contributed by atoms with Crippen LogP contribution in [-0.2, 0) is 19.9 Å². The first-order valence-electron chi connectivity index (χ1n) is 21.1. The highest BCUT2D eigenvalue weighted by Gasteiger charge is 2.66. The fraction of sp³-hybridized carbons (Fsp3) is 0.556. The summed E-state index contributed by atoms with van der Waals surface area (Å²) in [6.07, 6.45) is 6.41. The lowest BCUT2D eigenvalue weighted by Crippen LogP contribution is -2.61. The third-order valence-electron chi connectivity index (χ3n) is 13.1. The smallest absolute Gasteiger partial charge is 0.380 e. The average molecular weight is 904 g/mol. The van der Waals surface area contributed by atoms with Crippen molar-refractivity contribution in [3.05, 3.63) is 89.5 Å². The van der Waals surface area contributed by atoms with E-state index in [1.165, 1.54) is 43.9 Å². The van der Waals surface area contributed by atoms with E-state index >= 15 is 0 Å². The second-order valence-corrected chi connectivity index (χ2v) is 23.8. The van der Waals surface area contributed by atoms with E-state index in [1.807, 2.05) is 61.5 Å². The number of benzene rings is 3. The Morgan fingerprint density at radius 1 is 0.902 bits per heavy atom. The van der Waals surface area contributed by atoms with E-state index in [4.69, 9.17) is 0 Å². The Bertz CT molecular complexity index is 2280. The third-order valence-corrected chi connectivity index (χ3v) is 17.2. The van der Waals surface area contributed by atoms with Crippen molar-refractivity contribution in [3.63, 3.8) is 0 Å². The maximum atomic E-state index is 14.1. The molecule has 16 heteroatoms. The Labute approximate surface area is 364 Å². The first-order valence-corrected chi connectivity index (χ1v) is 25.1. The molecule has 334 valence electrons. The molecule has 5 aliphatic rings. The molecule has 1 heterocycles. The summed E-state index contributed by atoms with van der Waals surface area (Å²) in [6, 6.07) is 18.3. The highest BCUT2D eigenvalue weighted by atomic mass is 32.2. The summed E-state index contributed by atoms with van der Waals surface area (Å²) in [5, 5.41) is 14.0. The number of aliphatic hydroxyl groups excluding tert-OH is 1. The molecule has 0 spiro atoms. The maximum Gasteiger partial charge on any atom is 0.501 e. The minimum absolute atomic E-state index is 0.217. The van der Waals surface area contributed by atoms with Gasteiger partial charge >= 0.3 is 5.51 Å². The molecule has 0 amide bonds. The van der Waals surface area contributed by atoms with Crippen molar-refractivity contribution in [3.8, 4) is 0 Å². The van der Waals surface area contributed by atoms with Crippen molar-refractivity contribution in [2.24, 2.45) is 16.2 Å². The summed E-state index contributed by atoms with van der Waals surface area (Å²) in [5.41, 5.74) is -0.134. The Hall–Kier alpha value is -3.12.